The van der Waals surface area contributed by atoms with Gasteiger partial charge in [-0.1, -0.05) is 12.1 Å². The molecule has 0 amide bonds. The molecule has 0 fully saturated rings. The first-order valence-electron chi connectivity index (χ1n) is 5.12. The summed E-state index contributed by atoms with van der Waals surface area (Å²) in [6, 6.07) is 8.49. The van der Waals surface area contributed by atoms with E-state index in [1.54, 1.807) is 23.1 Å². The molecule has 0 radical (unpaired) electrons. The van der Waals surface area contributed by atoms with Gasteiger partial charge >= 0.3 is 0 Å². The van der Waals surface area contributed by atoms with Crippen LogP contribution in [0.4, 0.5) is 0 Å². The van der Waals surface area contributed by atoms with Crippen molar-refractivity contribution in [1.82, 2.24) is 4.98 Å². The molecule has 1 unspecified atom stereocenters. The van der Waals surface area contributed by atoms with Crippen LogP contribution in [0.15, 0.2) is 40.7 Å². The van der Waals surface area contributed by atoms with Gasteiger partial charge in [-0.2, -0.15) is 0 Å². The minimum Gasteiger partial charge on any atom is -0.324 e. The van der Waals surface area contributed by atoms with Crippen LogP contribution in [0.1, 0.15) is 23.5 Å². The summed E-state index contributed by atoms with van der Waals surface area (Å²) >= 11 is 3.50. The Labute approximate surface area is 104 Å². The number of hydrogen-bond donors (Lipinski definition) is 1. The second-order valence-corrected chi connectivity index (χ2v) is 5.60. The average Bonchev–Trinajstić information content (AvgIpc) is 2.79. The summed E-state index contributed by atoms with van der Waals surface area (Å²) in [5.41, 5.74) is 7.04. The van der Waals surface area contributed by atoms with Crippen molar-refractivity contribution in [3.05, 3.63) is 46.4 Å². The monoisotopic (exact) mass is 250 g/mol. The summed E-state index contributed by atoms with van der Waals surface area (Å²) in [6.07, 6.45) is 1.85. The van der Waals surface area contributed by atoms with Crippen molar-refractivity contribution in [3.8, 4) is 0 Å². The number of hydrogen-bond acceptors (Lipinski definition) is 4. The molecule has 4 heteroatoms. The van der Waals surface area contributed by atoms with Crippen LogP contribution in [0.25, 0.3) is 0 Å². The zero-order valence-electron chi connectivity index (χ0n) is 9.09. The number of nitrogens with two attached hydrogens (primary N) is 1. The Balaban J connectivity index is 2.01. The van der Waals surface area contributed by atoms with Gasteiger partial charge in [-0.05, 0) is 24.6 Å². The molecule has 1 heterocycles. The maximum absolute atomic E-state index is 5.85. The van der Waals surface area contributed by atoms with Crippen molar-refractivity contribution in [2.75, 3.05) is 0 Å². The van der Waals surface area contributed by atoms with E-state index in [-0.39, 0.29) is 6.04 Å². The van der Waals surface area contributed by atoms with E-state index in [9.17, 15) is 0 Å². The van der Waals surface area contributed by atoms with E-state index in [2.05, 4.69) is 29.2 Å². The highest BCUT2D eigenvalue weighted by molar-refractivity contribution is 7.98. The predicted octanol–water partition coefficient (Wildman–Crippen LogP) is 3.46. The minimum absolute atomic E-state index is 0.0976. The van der Waals surface area contributed by atoms with Gasteiger partial charge in [0.2, 0.25) is 0 Å². The Hall–Kier alpha value is -0.840. The average molecular weight is 250 g/mol. The fourth-order valence-corrected chi connectivity index (χ4v) is 2.97. The van der Waals surface area contributed by atoms with Gasteiger partial charge in [0.25, 0.3) is 0 Å². The third-order valence-corrected chi connectivity index (χ3v) is 4.20. The Kier molecular flexibility index (Phi) is 3.98. The smallest absolute Gasteiger partial charge is 0.103 e. The van der Waals surface area contributed by atoms with E-state index < -0.39 is 0 Å². The largest absolute Gasteiger partial charge is 0.324 e. The molecule has 1 aromatic heterocycles. The molecule has 0 aliphatic carbocycles. The molecule has 16 heavy (non-hydrogen) atoms. The lowest BCUT2D eigenvalue weighted by atomic mass is 10.1. The van der Waals surface area contributed by atoms with Gasteiger partial charge in [0.05, 0.1) is 5.75 Å². The third-order valence-electron chi connectivity index (χ3n) is 2.23. The molecular weight excluding hydrogens is 236 g/mol. The van der Waals surface area contributed by atoms with Crippen molar-refractivity contribution in [2.24, 2.45) is 5.73 Å². The summed E-state index contributed by atoms with van der Waals surface area (Å²) in [4.78, 5) is 5.52. The minimum atomic E-state index is 0.0976. The normalized spacial score (nSPS) is 12.6. The quantitative estimate of drug-likeness (QED) is 0.845. The predicted molar refractivity (Wildman–Crippen MR) is 70.7 cm³/mol. The summed E-state index contributed by atoms with van der Waals surface area (Å²) in [5.74, 6) is 0.931. The van der Waals surface area contributed by atoms with E-state index in [0.29, 0.717) is 0 Å². The Bertz CT molecular complexity index is 438. The van der Waals surface area contributed by atoms with Crippen molar-refractivity contribution in [3.63, 3.8) is 0 Å². The Morgan fingerprint density at radius 2 is 2.38 bits per heavy atom. The van der Waals surface area contributed by atoms with Gasteiger partial charge in [0.15, 0.2) is 0 Å². The highest BCUT2D eigenvalue weighted by atomic mass is 32.2. The SMILES string of the molecule is CC(N)c1cccc(SCc2nccs2)c1. The van der Waals surface area contributed by atoms with E-state index in [1.165, 1.54) is 10.5 Å². The highest BCUT2D eigenvalue weighted by Crippen LogP contribution is 2.25. The van der Waals surface area contributed by atoms with Crippen LogP contribution in [0, 0.1) is 0 Å². The second kappa shape index (κ2) is 5.48. The number of aromatic nitrogens is 1. The van der Waals surface area contributed by atoms with Gasteiger partial charge < -0.3 is 5.73 Å². The van der Waals surface area contributed by atoms with Crippen LogP contribution in [0.2, 0.25) is 0 Å². The molecule has 0 saturated carbocycles. The number of thioether (sulfide) groups is 1. The van der Waals surface area contributed by atoms with Gasteiger partial charge in [-0.3, -0.25) is 0 Å². The third kappa shape index (κ3) is 3.07. The maximum Gasteiger partial charge on any atom is 0.103 e. The first-order valence-corrected chi connectivity index (χ1v) is 6.99. The standard InChI is InChI=1S/C12H14N2S2/c1-9(13)10-3-2-4-11(7-10)16-8-12-14-5-6-15-12/h2-7,9H,8,13H2,1H3. The highest BCUT2D eigenvalue weighted by Gasteiger charge is 2.02. The summed E-state index contributed by atoms with van der Waals surface area (Å²) < 4.78 is 0. The molecular formula is C12H14N2S2. The van der Waals surface area contributed by atoms with Crippen LogP contribution < -0.4 is 5.73 Å². The molecule has 0 aliphatic heterocycles. The summed E-state index contributed by atoms with van der Waals surface area (Å²) in [6.45, 7) is 2.00. The number of nitrogens with zero attached hydrogens (tertiary/aromatic N) is 1. The lowest BCUT2D eigenvalue weighted by Gasteiger charge is -2.07. The molecule has 2 rings (SSSR count). The van der Waals surface area contributed by atoms with Crippen LogP contribution in [-0.2, 0) is 5.75 Å². The number of benzene rings is 1. The topological polar surface area (TPSA) is 38.9 Å². The van der Waals surface area contributed by atoms with Crippen molar-refractivity contribution in [2.45, 2.75) is 23.6 Å². The fraction of sp³-hybridized carbons (Fsp3) is 0.250. The summed E-state index contributed by atoms with van der Waals surface area (Å²) in [7, 11) is 0. The van der Waals surface area contributed by atoms with E-state index in [0.717, 1.165) is 10.8 Å². The van der Waals surface area contributed by atoms with Crippen LogP contribution in [0.3, 0.4) is 0 Å². The second-order valence-electron chi connectivity index (χ2n) is 3.58. The lowest BCUT2D eigenvalue weighted by molar-refractivity contribution is 0.815. The van der Waals surface area contributed by atoms with Crippen LogP contribution in [-0.4, -0.2) is 4.98 Å². The number of thiazole rings is 1. The van der Waals surface area contributed by atoms with Crippen LogP contribution >= 0.6 is 23.1 Å². The molecule has 2 nitrogen and oxygen atoms in total. The van der Waals surface area contributed by atoms with E-state index >= 15 is 0 Å². The van der Waals surface area contributed by atoms with Crippen molar-refractivity contribution >= 4 is 23.1 Å². The molecule has 0 spiro atoms. The van der Waals surface area contributed by atoms with Gasteiger partial charge in [-0.25, -0.2) is 4.98 Å². The molecule has 1 atom stereocenters. The van der Waals surface area contributed by atoms with Gasteiger partial charge in [0, 0.05) is 22.5 Å². The molecule has 2 N–H and O–H groups in total. The van der Waals surface area contributed by atoms with Crippen molar-refractivity contribution < 1.29 is 0 Å². The number of rotatable bonds is 4. The Morgan fingerprint density at radius 1 is 1.50 bits per heavy atom. The molecule has 0 bridgehead atoms. The molecule has 1 aromatic carbocycles. The van der Waals surface area contributed by atoms with E-state index in [1.807, 2.05) is 18.5 Å². The van der Waals surface area contributed by atoms with Crippen LogP contribution in [0.5, 0.6) is 0 Å². The van der Waals surface area contributed by atoms with E-state index in [4.69, 9.17) is 5.73 Å². The first-order chi connectivity index (χ1) is 7.75. The van der Waals surface area contributed by atoms with Gasteiger partial charge in [0.1, 0.15) is 5.01 Å². The molecule has 2 aromatic rings. The van der Waals surface area contributed by atoms with Gasteiger partial charge in [-0.15, -0.1) is 23.1 Å². The van der Waals surface area contributed by atoms with Crippen molar-refractivity contribution in [1.29, 1.82) is 0 Å². The lowest BCUT2D eigenvalue weighted by Crippen LogP contribution is -2.04. The zero-order chi connectivity index (χ0) is 11.4. The Morgan fingerprint density at radius 3 is 3.06 bits per heavy atom. The summed E-state index contributed by atoms with van der Waals surface area (Å²) in [5, 5.41) is 3.17. The molecule has 0 saturated heterocycles. The molecule has 84 valence electrons. The molecule has 0 aliphatic rings. The first kappa shape index (κ1) is 11.6. The fourth-order valence-electron chi connectivity index (χ4n) is 1.36. The zero-order valence-corrected chi connectivity index (χ0v) is 10.7. The maximum atomic E-state index is 5.85.